The molecule has 0 spiro atoms. The van der Waals surface area contributed by atoms with Crippen molar-refractivity contribution in [2.45, 2.75) is 70.2 Å². The van der Waals surface area contributed by atoms with E-state index in [1.165, 1.54) is 18.5 Å². The van der Waals surface area contributed by atoms with Crippen LogP contribution < -0.4 is 15.8 Å². The molecule has 3 heterocycles. The Kier molecular flexibility index (Phi) is 21.1. The van der Waals surface area contributed by atoms with Gasteiger partial charge in [-0.2, -0.15) is 8.62 Å². The summed E-state index contributed by atoms with van der Waals surface area (Å²) in [4.78, 5) is 71.1. The maximum atomic E-state index is 12.8. The van der Waals surface area contributed by atoms with Gasteiger partial charge in [0.15, 0.2) is 12.1 Å². The van der Waals surface area contributed by atoms with Crippen LogP contribution in [0.2, 0.25) is 0 Å². The van der Waals surface area contributed by atoms with Gasteiger partial charge in [0, 0.05) is 36.7 Å². The molecular formula is C38H54N5O18P3. The fourth-order valence-electron chi connectivity index (χ4n) is 6.10. The molecule has 1 aliphatic heterocycles. The molecule has 1 fully saturated rings. The van der Waals surface area contributed by atoms with Gasteiger partial charge in [0.2, 0.25) is 5.91 Å². The van der Waals surface area contributed by atoms with Crippen molar-refractivity contribution in [2.24, 2.45) is 0 Å². The summed E-state index contributed by atoms with van der Waals surface area (Å²) in [5.74, 6) is 0.125. The average Bonchev–Trinajstić information content (AvgIpc) is 3.82. The predicted octanol–water partition coefficient (Wildman–Crippen LogP) is 5.10. The van der Waals surface area contributed by atoms with Gasteiger partial charge >= 0.3 is 23.5 Å². The van der Waals surface area contributed by atoms with E-state index >= 15 is 0 Å². The van der Waals surface area contributed by atoms with Crippen molar-refractivity contribution in [2.75, 3.05) is 52.1 Å². The smallest absolute Gasteiger partial charge is 0.488 e. The number of unbranched alkanes of at least 4 members (excludes halogenated alkanes) is 3. The zero-order chi connectivity index (χ0) is 46.8. The van der Waals surface area contributed by atoms with Crippen LogP contribution in [0.15, 0.2) is 68.2 Å². The van der Waals surface area contributed by atoms with E-state index in [9.17, 15) is 33.1 Å². The van der Waals surface area contributed by atoms with Crippen molar-refractivity contribution in [3.63, 3.8) is 0 Å². The summed E-state index contributed by atoms with van der Waals surface area (Å²) >= 11 is 0. The SMILES string of the molecule is C=CCOCOC1C[C@H](n2cc(/C=C/CNC(=O)COC(COc3cccc(C(=O)CCCCCC)c3)OCC=C)c3c(N)ncnc32)O[C@@H]1COP(=O)(O)OP(=O)(O)OP(=O)(O)O. The molecule has 7 N–H and O–H groups in total. The first-order chi connectivity index (χ1) is 30.4. The predicted molar refractivity (Wildman–Crippen MR) is 229 cm³/mol. The third-order valence-electron chi connectivity index (χ3n) is 8.89. The number of benzene rings is 1. The number of carbonyl (C=O) groups is 2. The molecule has 0 radical (unpaired) electrons. The summed E-state index contributed by atoms with van der Waals surface area (Å²) in [5.41, 5.74) is 7.63. The largest absolute Gasteiger partial charge is 0.490 e. The second-order valence-corrected chi connectivity index (χ2v) is 18.2. The van der Waals surface area contributed by atoms with Gasteiger partial charge in [0.1, 0.15) is 55.9 Å². The number of aromatic nitrogens is 3. The number of phosphoric ester groups is 1. The Hall–Kier alpha value is -3.99. The quantitative estimate of drug-likeness (QED) is 0.0161. The van der Waals surface area contributed by atoms with E-state index in [-0.39, 0.29) is 57.8 Å². The lowest BCUT2D eigenvalue weighted by atomic mass is 10.0. The van der Waals surface area contributed by atoms with Crippen LogP contribution in [0.3, 0.4) is 0 Å². The Labute approximate surface area is 369 Å². The highest BCUT2D eigenvalue weighted by atomic mass is 31.3. The number of ether oxygens (including phenoxy) is 6. The van der Waals surface area contributed by atoms with Gasteiger partial charge in [-0.15, -0.1) is 13.2 Å². The number of nitrogens with two attached hydrogens (primary N) is 1. The number of phosphoric acid groups is 3. The second-order valence-electron chi connectivity index (χ2n) is 13.8. The van der Waals surface area contributed by atoms with Crippen LogP contribution in [0.1, 0.15) is 67.6 Å². The first kappa shape index (κ1) is 52.6. The maximum absolute atomic E-state index is 12.8. The number of ketones is 1. The molecule has 0 aliphatic carbocycles. The van der Waals surface area contributed by atoms with Crippen molar-refractivity contribution in [3.8, 4) is 5.75 Å². The molecule has 4 rings (SSSR count). The minimum Gasteiger partial charge on any atom is -0.488 e. The van der Waals surface area contributed by atoms with Crippen LogP contribution in [0.4, 0.5) is 5.82 Å². The summed E-state index contributed by atoms with van der Waals surface area (Å²) in [6.45, 7) is 8.12. The summed E-state index contributed by atoms with van der Waals surface area (Å²) in [7, 11) is -16.9. The van der Waals surface area contributed by atoms with Gasteiger partial charge in [0.25, 0.3) is 0 Å². The lowest BCUT2D eigenvalue weighted by Crippen LogP contribution is -2.33. The van der Waals surface area contributed by atoms with E-state index in [4.69, 9.17) is 48.5 Å². The van der Waals surface area contributed by atoms with Gasteiger partial charge < -0.3 is 63.6 Å². The number of Topliss-reactive ketones (excluding diaryl/α,β-unsaturated/α-hetero) is 1. The Morgan fingerprint density at radius 3 is 2.56 bits per heavy atom. The van der Waals surface area contributed by atoms with Crippen LogP contribution in [0.5, 0.6) is 5.75 Å². The molecule has 3 aromatic rings. The Balaban J connectivity index is 1.37. The lowest BCUT2D eigenvalue weighted by molar-refractivity contribution is -0.162. The Morgan fingerprint density at radius 1 is 1.05 bits per heavy atom. The first-order valence-corrected chi connectivity index (χ1v) is 24.3. The van der Waals surface area contributed by atoms with Gasteiger partial charge in [-0.1, -0.05) is 62.6 Å². The molecule has 1 aliphatic rings. The molecule has 26 heteroatoms. The number of hydrogen-bond acceptors (Lipinski definition) is 17. The average molecular weight is 962 g/mol. The number of rotatable bonds is 31. The van der Waals surface area contributed by atoms with E-state index in [2.05, 4.69) is 44.0 Å². The Morgan fingerprint density at radius 2 is 1.83 bits per heavy atom. The molecule has 0 bridgehead atoms. The van der Waals surface area contributed by atoms with E-state index in [1.54, 1.807) is 47.2 Å². The van der Waals surface area contributed by atoms with Crippen LogP contribution in [-0.2, 0) is 55.3 Å². The summed E-state index contributed by atoms with van der Waals surface area (Å²) < 4.78 is 83.7. The highest BCUT2D eigenvalue weighted by molar-refractivity contribution is 7.66. The second kappa shape index (κ2) is 25.6. The molecular weight excluding hydrogens is 907 g/mol. The van der Waals surface area contributed by atoms with Gasteiger partial charge in [-0.25, -0.2) is 23.7 Å². The summed E-state index contributed by atoms with van der Waals surface area (Å²) in [5, 5.41) is 3.14. The van der Waals surface area contributed by atoms with Crippen LogP contribution in [0.25, 0.3) is 17.1 Å². The molecule has 64 heavy (non-hydrogen) atoms. The van der Waals surface area contributed by atoms with Crippen molar-refractivity contribution in [1.29, 1.82) is 0 Å². The molecule has 1 aromatic carbocycles. The van der Waals surface area contributed by atoms with Crippen molar-refractivity contribution >= 4 is 58.1 Å². The third kappa shape index (κ3) is 17.8. The summed E-state index contributed by atoms with van der Waals surface area (Å²) in [6, 6.07) is 6.85. The number of nitrogens with one attached hydrogen (secondary N) is 1. The van der Waals surface area contributed by atoms with Crippen molar-refractivity contribution in [1.82, 2.24) is 19.9 Å². The van der Waals surface area contributed by atoms with E-state index in [0.29, 0.717) is 34.3 Å². The van der Waals surface area contributed by atoms with Crippen molar-refractivity contribution < 1.29 is 84.4 Å². The normalized spacial score (nSPS) is 19.0. The molecule has 2 aromatic heterocycles. The minimum atomic E-state index is -5.77. The standard InChI is InChI=1S/C38H54N5O18P3/c1-4-7-8-9-15-30(44)27-12-10-14-29(19-27)55-24-35(54-18-6-3)56-23-33(45)40-16-11-13-28-21-43(38-36(28)37(39)41-25-42-38)34-20-31(57-26-53-17-5-2)32(59-34)22-58-63(49,50)61-64(51,52)60-62(46,47)48/h5-6,10-14,19,21,25,31-32,34-35H,2-4,7-9,15-18,20,22-24,26H2,1H3,(H,40,45)(H,49,50)(H,51,52)(H2,39,41,42)(H2,46,47,48)/b13-11+/t31?,32-,34-,35?/m1/s1. The highest BCUT2D eigenvalue weighted by Crippen LogP contribution is 2.66. The number of hydrogen-bond donors (Lipinski definition) is 6. The first-order valence-electron chi connectivity index (χ1n) is 19.8. The number of nitrogens with zero attached hydrogens (tertiary/aromatic N) is 3. The third-order valence-corrected chi connectivity index (χ3v) is 12.7. The molecule has 6 atom stereocenters. The molecule has 4 unspecified atom stereocenters. The van der Waals surface area contributed by atoms with Crippen molar-refractivity contribution in [3.05, 3.63) is 79.3 Å². The van der Waals surface area contributed by atoms with Crippen LogP contribution in [0, 0.1) is 0 Å². The Bertz CT molecular complexity index is 2200. The number of carbonyl (C=O) groups excluding carboxylic acids is 2. The topological polar surface area (TPSA) is 318 Å². The maximum Gasteiger partial charge on any atom is 0.490 e. The monoisotopic (exact) mass is 961 g/mol. The molecule has 1 amide bonds. The number of amides is 1. The van der Waals surface area contributed by atoms with Gasteiger partial charge in [-0.05, 0) is 18.6 Å². The minimum absolute atomic E-state index is 0.0330. The molecule has 1 saturated heterocycles. The molecule has 0 saturated carbocycles. The molecule has 23 nitrogen and oxygen atoms in total. The summed E-state index contributed by atoms with van der Waals surface area (Å²) in [6.07, 6.45) is 9.79. The van der Waals surface area contributed by atoms with E-state index in [0.717, 1.165) is 25.7 Å². The van der Waals surface area contributed by atoms with Gasteiger partial charge in [0.05, 0.1) is 31.3 Å². The van der Waals surface area contributed by atoms with E-state index < -0.39 is 60.7 Å². The zero-order valence-corrected chi connectivity index (χ0v) is 37.6. The number of nitrogen functional groups attached to an aromatic ring is 1. The van der Waals surface area contributed by atoms with Crippen LogP contribution in [-0.4, -0.2) is 111 Å². The van der Waals surface area contributed by atoms with Crippen LogP contribution >= 0.6 is 23.5 Å². The lowest BCUT2D eigenvalue weighted by Gasteiger charge is -2.21. The fraction of sp³-hybridized carbons (Fsp3) is 0.474. The molecule has 354 valence electrons. The number of fused-ring (bicyclic) bond motifs is 1. The zero-order valence-electron chi connectivity index (χ0n) is 35.0. The van der Waals surface area contributed by atoms with Gasteiger partial charge in [-0.3, -0.25) is 14.1 Å². The fourth-order valence-corrected chi connectivity index (χ4v) is 9.13. The highest BCUT2D eigenvalue weighted by Gasteiger charge is 2.44. The number of anilines is 1. The van der Waals surface area contributed by atoms with E-state index in [1.807, 2.05) is 0 Å².